The monoisotopic (exact) mass is 559 g/mol. The first-order chi connectivity index (χ1) is 19.4. The van der Waals surface area contributed by atoms with Crippen molar-refractivity contribution in [1.82, 2.24) is 21.3 Å². The Labute approximate surface area is 237 Å². The first-order valence-electron chi connectivity index (χ1n) is 13.7. The van der Waals surface area contributed by atoms with E-state index >= 15 is 0 Å². The predicted octanol–water partition coefficient (Wildman–Crippen LogP) is 3.92. The number of thioether (sulfide) groups is 1. The van der Waals surface area contributed by atoms with E-state index in [2.05, 4.69) is 27.8 Å². The number of para-hydroxylation sites is 1. The van der Waals surface area contributed by atoms with Crippen molar-refractivity contribution >= 4 is 35.3 Å². The normalized spacial score (nSPS) is 27.1. The number of nitrogens with one attached hydrogen (secondary N) is 4. The molecule has 5 atom stereocenters. The Bertz CT molecular complexity index is 1380. The molecule has 4 amide bonds. The van der Waals surface area contributed by atoms with E-state index in [0.29, 0.717) is 16.4 Å². The van der Waals surface area contributed by atoms with Gasteiger partial charge in [0.2, 0.25) is 5.91 Å². The molecule has 2 aromatic carbocycles. The van der Waals surface area contributed by atoms with Crippen LogP contribution in [0.3, 0.4) is 0 Å². The quantitative estimate of drug-likeness (QED) is 0.383. The zero-order valence-electron chi connectivity index (χ0n) is 22.3. The van der Waals surface area contributed by atoms with Gasteiger partial charge < -0.3 is 26.0 Å². The van der Waals surface area contributed by atoms with Gasteiger partial charge in [-0.05, 0) is 81.1 Å². The molecule has 0 spiro atoms. The van der Waals surface area contributed by atoms with Crippen LogP contribution in [0.25, 0.3) is 0 Å². The predicted molar refractivity (Wildman–Crippen MR) is 155 cm³/mol. The van der Waals surface area contributed by atoms with Gasteiger partial charge in [0.15, 0.2) is 0 Å². The lowest BCUT2D eigenvalue weighted by atomic mass is 9.86. The summed E-state index contributed by atoms with van der Waals surface area (Å²) in [6.07, 6.45) is 4.53. The zero-order valence-corrected chi connectivity index (χ0v) is 23.1. The molecule has 0 aromatic heterocycles. The van der Waals surface area contributed by atoms with Crippen LogP contribution in [0.1, 0.15) is 31.2 Å². The fourth-order valence-electron chi connectivity index (χ4n) is 6.27. The molecule has 3 heterocycles. The molecule has 3 aliphatic heterocycles. The molecule has 208 valence electrons. The summed E-state index contributed by atoms with van der Waals surface area (Å²) in [7, 11) is 0. The second kappa shape index (κ2) is 11.0. The summed E-state index contributed by atoms with van der Waals surface area (Å²) in [5.41, 5.74) is 2.46. The van der Waals surface area contributed by atoms with Gasteiger partial charge in [-0.2, -0.15) is 0 Å². The zero-order chi connectivity index (χ0) is 27.8. The van der Waals surface area contributed by atoms with Gasteiger partial charge >= 0.3 is 6.03 Å². The maximum atomic E-state index is 13.6. The van der Waals surface area contributed by atoms with Gasteiger partial charge in [0.1, 0.15) is 11.5 Å². The lowest BCUT2D eigenvalue weighted by Gasteiger charge is -2.46. The third-order valence-electron chi connectivity index (χ3n) is 8.10. The Morgan fingerprint density at radius 2 is 1.85 bits per heavy atom. The summed E-state index contributed by atoms with van der Waals surface area (Å²) in [4.78, 5) is 41.4. The minimum atomic E-state index is -0.240. The van der Waals surface area contributed by atoms with Crippen LogP contribution in [0.4, 0.5) is 10.5 Å². The Hall–Kier alpha value is -3.76. The molecule has 0 bridgehead atoms. The SMILES string of the molecule is C=CC(=O)N[C@@H]1CCC[C@@H]1NC(=O)C1=C2NC(=O)N(c3ccc(Oc4ccccc4)cc3C)C3CCNC(S1)C23. The van der Waals surface area contributed by atoms with Gasteiger partial charge in [-0.15, -0.1) is 0 Å². The summed E-state index contributed by atoms with van der Waals surface area (Å²) >= 11 is 1.48. The Kier molecular flexibility index (Phi) is 7.29. The van der Waals surface area contributed by atoms with Crippen LogP contribution in [0.2, 0.25) is 0 Å². The number of amides is 4. The molecular weight excluding hydrogens is 526 g/mol. The number of nitrogens with zero attached hydrogens (tertiary/aromatic N) is 1. The molecule has 0 radical (unpaired) electrons. The Balaban J connectivity index is 1.22. The topological polar surface area (TPSA) is 112 Å². The fraction of sp³-hybridized carbons (Fsp3) is 0.367. The number of rotatable bonds is 7. The minimum Gasteiger partial charge on any atom is -0.457 e. The molecule has 6 rings (SSSR count). The van der Waals surface area contributed by atoms with Crippen molar-refractivity contribution in [3.8, 4) is 11.5 Å². The number of piperidine rings is 1. The van der Waals surface area contributed by atoms with Crippen molar-refractivity contribution in [2.75, 3.05) is 11.4 Å². The summed E-state index contributed by atoms with van der Waals surface area (Å²) < 4.78 is 6.00. The van der Waals surface area contributed by atoms with E-state index in [4.69, 9.17) is 4.74 Å². The second-order valence-corrected chi connectivity index (χ2v) is 11.8. The van der Waals surface area contributed by atoms with E-state index in [-0.39, 0.29) is 47.3 Å². The van der Waals surface area contributed by atoms with Crippen LogP contribution >= 0.6 is 11.8 Å². The molecule has 10 heteroatoms. The number of anilines is 1. The number of aryl methyl sites for hydroxylation is 1. The van der Waals surface area contributed by atoms with Crippen molar-refractivity contribution in [2.45, 2.75) is 56.1 Å². The van der Waals surface area contributed by atoms with Crippen molar-refractivity contribution < 1.29 is 19.1 Å². The molecule has 9 nitrogen and oxygen atoms in total. The summed E-state index contributed by atoms with van der Waals surface area (Å²) in [5.74, 6) is 0.973. The van der Waals surface area contributed by atoms with E-state index < -0.39 is 0 Å². The van der Waals surface area contributed by atoms with Crippen molar-refractivity contribution in [3.63, 3.8) is 0 Å². The lowest BCUT2D eigenvalue weighted by molar-refractivity contribution is -0.119. The minimum absolute atomic E-state index is 0.0153. The highest BCUT2D eigenvalue weighted by atomic mass is 32.2. The molecule has 4 aliphatic rings. The van der Waals surface area contributed by atoms with E-state index in [1.54, 1.807) is 0 Å². The first-order valence-corrected chi connectivity index (χ1v) is 14.6. The smallest absolute Gasteiger partial charge is 0.326 e. The molecule has 1 saturated carbocycles. The molecule has 4 N–H and O–H groups in total. The summed E-state index contributed by atoms with van der Waals surface area (Å²) in [6.45, 7) is 6.25. The van der Waals surface area contributed by atoms with Gasteiger partial charge in [-0.1, -0.05) is 36.5 Å². The number of ether oxygens (including phenoxy) is 1. The van der Waals surface area contributed by atoms with Crippen LogP contribution in [0, 0.1) is 12.8 Å². The number of hydrogen-bond acceptors (Lipinski definition) is 6. The van der Waals surface area contributed by atoms with Crippen LogP contribution < -0.4 is 30.9 Å². The van der Waals surface area contributed by atoms with Crippen molar-refractivity contribution in [2.24, 2.45) is 5.92 Å². The first kappa shape index (κ1) is 26.5. The number of benzene rings is 2. The Morgan fingerprint density at radius 3 is 2.60 bits per heavy atom. The highest BCUT2D eigenvalue weighted by Crippen LogP contribution is 2.48. The average Bonchev–Trinajstić information content (AvgIpc) is 3.55. The average molecular weight is 560 g/mol. The largest absolute Gasteiger partial charge is 0.457 e. The number of carbonyl (C=O) groups is 3. The van der Waals surface area contributed by atoms with Gasteiger partial charge in [-0.3, -0.25) is 14.5 Å². The molecule has 3 fully saturated rings. The van der Waals surface area contributed by atoms with Crippen LogP contribution in [-0.2, 0) is 9.59 Å². The standard InChI is InChI=1S/C30H33N5O4S/c1-3-24(36)32-20-10-7-11-21(20)33-28(37)27-26-25-23(14-15-31-29(25)40-27)35(30(38)34-26)22-13-12-19(16-17(22)2)39-18-8-5-4-6-9-18/h3-6,8-9,12-13,16,20-21,23,25,29,31H,1,7,10-11,14-15H2,2H3,(H,32,36)(H,33,37)(H,34,38)/t20-,21+,23?,25?,29?/m1/s1. The number of carbonyl (C=O) groups excluding carboxylic acids is 3. The molecule has 3 unspecified atom stereocenters. The fourth-order valence-corrected chi connectivity index (χ4v) is 7.67. The van der Waals surface area contributed by atoms with Gasteiger partial charge in [0.05, 0.1) is 16.3 Å². The number of urea groups is 1. The maximum Gasteiger partial charge on any atom is 0.326 e. The molecule has 40 heavy (non-hydrogen) atoms. The van der Waals surface area contributed by atoms with Gasteiger partial charge in [0.25, 0.3) is 5.91 Å². The molecule has 2 aromatic rings. The van der Waals surface area contributed by atoms with Crippen LogP contribution in [-0.4, -0.2) is 47.9 Å². The van der Waals surface area contributed by atoms with E-state index in [1.807, 2.05) is 60.4 Å². The van der Waals surface area contributed by atoms with Crippen LogP contribution in [0.5, 0.6) is 11.5 Å². The third-order valence-corrected chi connectivity index (χ3v) is 9.45. The Morgan fingerprint density at radius 1 is 1.07 bits per heavy atom. The third kappa shape index (κ3) is 4.97. The van der Waals surface area contributed by atoms with E-state index in [9.17, 15) is 14.4 Å². The van der Waals surface area contributed by atoms with Crippen molar-refractivity contribution in [1.29, 1.82) is 0 Å². The van der Waals surface area contributed by atoms with E-state index in [0.717, 1.165) is 49.2 Å². The van der Waals surface area contributed by atoms with Gasteiger partial charge in [0, 0.05) is 29.4 Å². The second-order valence-electron chi connectivity index (χ2n) is 10.6. The van der Waals surface area contributed by atoms with Crippen LogP contribution in [0.15, 0.2) is 71.8 Å². The molecule has 2 saturated heterocycles. The lowest BCUT2D eigenvalue weighted by Crippen LogP contribution is -2.62. The summed E-state index contributed by atoms with van der Waals surface area (Å²) in [5, 5.41) is 12.7. The van der Waals surface area contributed by atoms with E-state index in [1.165, 1.54) is 17.8 Å². The highest BCUT2D eigenvalue weighted by Gasteiger charge is 2.52. The highest BCUT2D eigenvalue weighted by molar-refractivity contribution is 8.04. The number of hydrogen-bond donors (Lipinski definition) is 4. The maximum absolute atomic E-state index is 13.6. The van der Waals surface area contributed by atoms with Crippen molar-refractivity contribution in [3.05, 3.63) is 77.4 Å². The summed E-state index contributed by atoms with van der Waals surface area (Å²) in [6, 6.07) is 14.8. The van der Waals surface area contributed by atoms with Gasteiger partial charge in [-0.25, -0.2) is 4.79 Å². The molecular formula is C30H33N5O4S. The molecule has 1 aliphatic carbocycles.